The van der Waals surface area contributed by atoms with Gasteiger partial charge >= 0.3 is 5.97 Å². The Kier molecular flexibility index (Phi) is 4.94. The molecule has 3 aromatic rings. The molecule has 0 atom stereocenters. The number of rotatable bonds is 4. The van der Waals surface area contributed by atoms with Gasteiger partial charge in [0.25, 0.3) is 5.71 Å². The molecular formula is C19H19ClN4O3. The second-order valence-electron chi connectivity index (χ2n) is 6.36. The topological polar surface area (TPSA) is 81.4 Å². The van der Waals surface area contributed by atoms with Crippen LogP contribution in [-0.2, 0) is 4.74 Å². The highest BCUT2D eigenvalue weighted by molar-refractivity contribution is 6.30. The molecule has 27 heavy (non-hydrogen) atoms. The predicted molar refractivity (Wildman–Crippen MR) is 102 cm³/mol. The third-order valence-electron chi connectivity index (χ3n) is 4.55. The highest BCUT2D eigenvalue weighted by Gasteiger charge is 2.26. The maximum absolute atomic E-state index is 12.2. The molecule has 2 aromatic heterocycles. The minimum absolute atomic E-state index is 0.0104. The van der Waals surface area contributed by atoms with Gasteiger partial charge < -0.3 is 14.2 Å². The molecule has 0 N–H and O–H groups in total. The van der Waals surface area contributed by atoms with Crippen molar-refractivity contribution in [3.8, 4) is 11.3 Å². The van der Waals surface area contributed by atoms with Crippen molar-refractivity contribution in [2.45, 2.75) is 26.2 Å². The van der Waals surface area contributed by atoms with E-state index >= 15 is 0 Å². The van der Waals surface area contributed by atoms with E-state index in [9.17, 15) is 4.79 Å². The first-order chi connectivity index (χ1) is 13.2. The number of piperidine rings is 1. The Bertz CT molecular complexity index is 965. The normalized spacial score (nSPS) is 14.5. The van der Waals surface area contributed by atoms with Crippen molar-refractivity contribution in [1.82, 2.24) is 15.1 Å². The van der Waals surface area contributed by atoms with E-state index in [-0.39, 0.29) is 18.1 Å². The Morgan fingerprint density at radius 3 is 2.63 bits per heavy atom. The van der Waals surface area contributed by atoms with Crippen molar-refractivity contribution in [3.05, 3.63) is 35.1 Å². The van der Waals surface area contributed by atoms with E-state index in [1.807, 2.05) is 12.1 Å². The van der Waals surface area contributed by atoms with Gasteiger partial charge in [0.05, 0.1) is 6.61 Å². The quantitative estimate of drug-likeness (QED) is 0.624. The fourth-order valence-electron chi connectivity index (χ4n) is 3.26. The third-order valence-corrected chi connectivity index (χ3v) is 4.80. The Balaban J connectivity index is 1.88. The van der Waals surface area contributed by atoms with Crippen LogP contribution in [0.4, 0.5) is 5.82 Å². The summed E-state index contributed by atoms with van der Waals surface area (Å²) < 4.78 is 10.5. The van der Waals surface area contributed by atoms with Gasteiger partial charge in [0.15, 0.2) is 0 Å². The molecule has 0 amide bonds. The molecule has 1 saturated heterocycles. The number of fused-ring (bicyclic) bond motifs is 1. The van der Waals surface area contributed by atoms with Crippen LogP contribution in [0.5, 0.6) is 0 Å². The molecule has 0 saturated carbocycles. The summed E-state index contributed by atoms with van der Waals surface area (Å²) in [6.07, 6.45) is 3.33. The van der Waals surface area contributed by atoms with E-state index < -0.39 is 5.97 Å². The molecule has 0 aliphatic carbocycles. The van der Waals surface area contributed by atoms with E-state index in [0.717, 1.165) is 31.5 Å². The molecule has 7 nitrogen and oxygen atoms in total. The smallest absolute Gasteiger partial charge is 0.376 e. The first-order valence-electron chi connectivity index (χ1n) is 9.03. The lowest BCUT2D eigenvalue weighted by Crippen LogP contribution is -2.31. The van der Waals surface area contributed by atoms with E-state index in [1.54, 1.807) is 19.1 Å². The molecule has 4 rings (SSSR count). The van der Waals surface area contributed by atoms with Crippen LogP contribution in [-0.4, -0.2) is 40.8 Å². The lowest BCUT2D eigenvalue weighted by molar-refractivity contribution is 0.0512. The summed E-state index contributed by atoms with van der Waals surface area (Å²) in [4.78, 5) is 23.1. The summed E-state index contributed by atoms with van der Waals surface area (Å²) in [6, 6.07) is 7.34. The lowest BCUT2D eigenvalue weighted by Gasteiger charge is -2.28. The summed E-state index contributed by atoms with van der Waals surface area (Å²) in [5, 5.41) is 5.54. The first-order valence-corrected chi connectivity index (χ1v) is 9.40. The monoisotopic (exact) mass is 386 g/mol. The molecule has 1 fully saturated rings. The fraction of sp³-hybridized carbons (Fsp3) is 0.368. The number of carbonyl (C=O) groups is 1. The van der Waals surface area contributed by atoms with Gasteiger partial charge in [-0.2, -0.15) is 4.98 Å². The van der Waals surface area contributed by atoms with Gasteiger partial charge in [0, 0.05) is 23.7 Å². The van der Waals surface area contributed by atoms with Gasteiger partial charge in [-0.05, 0) is 38.3 Å². The SMILES string of the molecule is CCOC(=O)c1nc(N2CCCCC2)c2c(-c3ccc(Cl)cc3)noc2n1. The van der Waals surface area contributed by atoms with Crippen LogP contribution in [0.25, 0.3) is 22.4 Å². The van der Waals surface area contributed by atoms with Crippen LogP contribution in [0, 0.1) is 0 Å². The fourth-order valence-corrected chi connectivity index (χ4v) is 3.39. The summed E-state index contributed by atoms with van der Waals surface area (Å²) in [5.74, 6) is 0.0831. The first kappa shape index (κ1) is 17.7. The molecule has 140 valence electrons. The van der Waals surface area contributed by atoms with Gasteiger partial charge in [-0.1, -0.05) is 28.9 Å². The lowest BCUT2D eigenvalue weighted by atomic mass is 10.1. The van der Waals surface area contributed by atoms with E-state index in [4.69, 9.17) is 20.9 Å². The van der Waals surface area contributed by atoms with Crippen molar-refractivity contribution in [2.24, 2.45) is 0 Å². The predicted octanol–water partition coefficient (Wildman–Crippen LogP) is 4.11. The standard InChI is InChI=1S/C19H19ClN4O3/c1-2-26-19(25)16-21-17(24-10-4-3-5-11-24)14-15(23-27-18(14)22-16)12-6-8-13(20)9-7-12/h6-9H,2-5,10-11H2,1H3. The van der Waals surface area contributed by atoms with Gasteiger partial charge in [-0.15, -0.1) is 0 Å². The zero-order chi connectivity index (χ0) is 18.8. The molecule has 1 aliphatic rings. The Hall–Kier alpha value is -2.67. The van der Waals surface area contributed by atoms with E-state index in [1.165, 1.54) is 6.42 Å². The molecule has 3 heterocycles. The number of hydrogen-bond donors (Lipinski definition) is 0. The van der Waals surface area contributed by atoms with E-state index in [0.29, 0.717) is 21.9 Å². The van der Waals surface area contributed by atoms with Gasteiger partial charge in [0.1, 0.15) is 16.9 Å². The Morgan fingerprint density at radius 2 is 1.93 bits per heavy atom. The number of hydrogen-bond acceptors (Lipinski definition) is 7. The average molecular weight is 387 g/mol. The molecular weight excluding hydrogens is 368 g/mol. The van der Waals surface area contributed by atoms with Gasteiger partial charge in [-0.3, -0.25) is 0 Å². The van der Waals surface area contributed by atoms with Crippen molar-refractivity contribution < 1.29 is 14.1 Å². The van der Waals surface area contributed by atoms with Crippen molar-refractivity contribution in [3.63, 3.8) is 0 Å². The summed E-state index contributed by atoms with van der Waals surface area (Å²) in [7, 11) is 0. The zero-order valence-electron chi connectivity index (χ0n) is 14.9. The molecule has 8 heteroatoms. The molecule has 1 aliphatic heterocycles. The zero-order valence-corrected chi connectivity index (χ0v) is 15.7. The number of halogens is 1. The van der Waals surface area contributed by atoms with E-state index in [2.05, 4.69) is 20.0 Å². The summed E-state index contributed by atoms with van der Waals surface area (Å²) >= 11 is 6.00. The second-order valence-corrected chi connectivity index (χ2v) is 6.79. The highest BCUT2D eigenvalue weighted by atomic mass is 35.5. The van der Waals surface area contributed by atoms with Crippen LogP contribution in [0.15, 0.2) is 28.8 Å². The minimum atomic E-state index is -0.567. The summed E-state index contributed by atoms with van der Waals surface area (Å²) in [6.45, 7) is 3.72. The molecule has 0 unspecified atom stereocenters. The maximum atomic E-state index is 12.2. The van der Waals surface area contributed by atoms with Crippen LogP contribution in [0.1, 0.15) is 36.8 Å². The number of aromatic nitrogens is 3. The minimum Gasteiger partial charge on any atom is -0.460 e. The largest absolute Gasteiger partial charge is 0.460 e. The molecule has 0 radical (unpaired) electrons. The second kappa shape index (κ2) is 7.52. The van der Waals surface area contributed by atoms with Crippen LogP contribution in [0.2, 0.25) is 5.02 Å². The van der Waals surface area contributed by atoms with Crippen LogP contribution < -0.4 is 4.90 Å². The number of carbonyl (C=O) groups excluding carboxylic acids is 1. The van der Waals surface area contributed by atoms with Gasteiger partial charge in [0.2, 0.25) is 5.82 Å². The molecule has 0 bridgehead atoms. The van der Waals surface area contributed by atoms with Crippen molar-refractivity contribution >= 4 is 34.5 Å². The average Bonchev–Trinajstić information content (AvgIpc) is 3.13. The summed E-state index contributed by atoms with van der Waals surface area (Å²) in [5.41, 5.74) is 1.76. The molecule has 1 aromatic carbocycles. The number of ether oxygens (including phenoxy) is 1. The number of benzene rings is 1. The van der Waals surface area contributed by atoms with Crippen molar-refractivity contribution in [2.75, 3.05) is 24.6 Å². The third kappa shape index (κ3) is 3.47. The highest BCUT2D eigenvalue weighted by Crippen LogP contribution is 2.35. The Morgan fingerprint density at radius 1 is 1.19 bits per heavy atom. The Labute approximate surface area is 161 Å². The number of nitrogens with zero attached hydrogens (tertiary/aromatic N) is 4. The van der Waals surface area contributed by atoms with Gasteiger partial charge in [-0.25, -0.2) is 9.78 Å². The number of anilines is 1. The molecule has 0 spiro atoms. The van der Waals surface area contributed by atoms with Crippen molar-refractivity contribution in [1.29, 1.82) is 0 Å². The van der Waals surface area contributed by atoms with Crippen LogP contribution in [0.3, 0.4) is 0 Å². The van der Waals surface area contributed by atoms with Crippen LogP contribution >= 0.6 is 11.6 Å². The maximum Gasteiger partial charge on any atom is 0.376 e. The number of esters is 1.